The van der Waals surface area contributed by atoms with Crippen LogP contribution < -0.4 is 0 Å². The molecular formula is C18H15F3N6OS. The van der Waals surface area contributed by atoms with Gasteiger partial charge in [-0.2, -0.15) is 23.4 Å². The van der Waals surface area contributed by atoms with Gasteiger partial charge in [0.25, 0.3) is 5.91 Å². The van der Waals surface area contributed by atoms with Crippen molar-refractivity contribution in [3.8, 4) is 10.6 Å². The summed E-state index contributed by atoms with van der Waals surface area (Å²) in [7, 11) is 3.30. The quantitative estimate of drug-likeness (QED) is 0.507. The average Bonchev–Trinajstić information content (AvgIpc) is 3.39. The summed E-state index contributed by atoms with van der Waals surface area (Å²) in [5, 5.41) is 9.69. The number of hydrogen-bond donors (Lipinski definition) is 0. The number of amides is 1. The van der Waals surface area contributed by atoms with Crippen molar-refractivity contribution in [2.45, 2.75) is 12.7 Å². The lowest BCUT2D eigenvalue weighted by molar-refractivity contribution is -0.142. The lowest BCUT2D eigenvalue weighted by Gasteiger charge is -2.14. The number of nitrogens with zero attached hydrogens (tertiary/aromatic N) is 6. The molecule has 0 unspecified atom stereocenters. The Morgan fingerprint density at radius 2 is 2.10 bits per heavy atom. The van der Waals surface area contributed by atoms with Crippen LogP contribution in [0.15, 0.2) is 42.0 Å². The topological polar surface area (TPSA) is 68.3 Å². The van der Waals surface area contributed by atoms with E-state index in [4.69, 9.17) is 0 Å². The molecule has 0 saturated heterocycles. The summed E-state index contributed by atoms with van der Waals surface area (Å²) < 4.78 is 43.1. The van der Waals surface area contributed by atoms with E-state index in [1.54, 1.807) is 48.7 Å². The van der Waals surface area contributed by atoms with E-state index in [0.29, 0.717) is 9.39 Å². The Labute approximate surface area is 167 Å². The smallest absolute Gasteiger partial charge is 0.336 e. The summed E-state index contributed by atoms with van der Waals surface area (Å²) in [6.45, 7) is 0.251. The lowest BCUT2D eigenvalue weighted by Crippen LogP contribution is -2.26. The Morgan fingerprint density at radius 3 is 2.72 bits per heavy atom. The summed E-state index contributed by atoms with van der Waals surface area (Å²) in [6, 6.07) is 5.64. The summed E-state index contributed by atoms with van der Waals surface area (Å²) in [4.78, 5) is 18.9. The maximum absolute atomic E-state index is 13.6. The molecule has 0 aromatic carbocycles. The predicted molar refractivity (Wildman–Crippen MR) is 100 cm³/mol. The van der Waals surface area contributed by atoms with E-state index in [-0.39, 0.29) is 23.6 Å². The van der Waals surface area contributed by atoms with Gasteiger partial charge in [0.15, 0.2) is 17.0 Å². The van der Waals surface area contributed by atoms with Crippen LogP contribution in [0, 0.1) is 0 Å². The number of aryl methyl sites for hydroxylation is 1. The second kappa shape index (κ2) is 6.99. The van der Waals surface area contributed by atoms with Gasteiger partial charge in [-0.15, -0.1) is 11.3 Å². The third-order valence-corrected chi connectivity index (χ3v) is 5.13. The Morgan fingerprint density at radius 1 is 1.31 bits per heavy atom. The average molecular weight is 420 g/mol. The lowest BCUT2D eigenvalue weighted by atomic mass is 10.2. The Kier molecular flexibility index (Phi) is 4.61. The van der Waals surface area contributed by atoms with Crippen LogP contribution in [0.3, 0.4) is 0 Å². The number of hydrogen-bond acceptors (Lipinski definition) is 5. The van der Waals surface area contributed by atoms with Crippen LogP contribution in [0.5, 0.6) is 0 Å². The summed E-state index contributed by atoms with van der Waals surface area (Å²) >= 11 is 1.28. The van der Waals surface area contributed by atoms with Gasteiger partial charge in [-0.1, -0.05) is 6.07 Å². The molecule has 0 atom stereocenters. The first kappa shape index (κ1) is 19.1. The number of thiophene rings is 1. The molecule has 0 aliphatic rings. The standard InChI is InChI=1S/C18H15F3N6OS/c1-25(9-11-8-22-26(2)10-11)17(28)13-7-16-23-12(14-4-3-5-29-14)6-15(18(19,20)21)27(16)24-13/h3-8,10H,9H2,1-2H3. The van der Waals surface area contributed by atoms with Crippen LogP contribution >= 0.6 is 11.3 Å². The molecule has 150 valence electrons. The first-order chi connectivity index (χ1) is 13.7. The highest BCUT2D eigenvalue weighted by atomic mass is 32.1. The largest absolute Gasteiger partial charge is 0.433 e. The third kappa shape index (κ3) is 3.73. The highest BCUT2D eigenvalue weighted by Crippen LogP contribution is 2.33. The molecule has 0 radical (unpaired) electrons. The zero-order valence-electron chi connectivity index (χ0n) is 15.4. The molecular weight excluding hydrogens is 405 g/mol. The van der Waals surface area contributed by atoms with E-state index in [1.165, 1.54) is 22.3 Å². The third-order valence-electron chi connectivity index (χ3n) is 4.24. The van der Waals surface area contributed by atoms with Gasteiger partial charge in [0.2, 0.25) is 0 Å². The monoisotopic (exact) mass is 420 g/mol. The van der Waals surface area contributed by atoms with Crippen LogP contribution in [-0.2, 0) is 19.8 Å². The van der Waals surface area contributed by atoms with E-state index < -0.39 is 17.8 Å². The highest BCUT2D eigenvalue weighted by Gasteiger charge is 2.36. The molecule has 11 heteroatoms. The molecule has 7 nitrogen and oxygen atoms in total. The van der Waals surface area contributed by atoms with Gasteiger partial charge in [0, 0.05) is 38.5 Å². The molecule has 4 heterocycles. The van der Waals surface area contributed by atoms with Crippen LogP contribution in [0.25, 0.3) is 16.2 Å². The molecule has 29 heavy (non-hydrogen) atoms. The number of rotatable bonds is 4. The highest BCUT2D eigenvalue weighted by molar-refractivity contribution is 7.13. The van der Waals surface area contributed by atoms with Crippen molar-refractivity contribution in [3.05, 3.63) is 59.0 Å². The molecule has 0 fully saturated rings. The van der Waals surface area contributed by atoms with Crippen molar-refractivity contribution in [2.24, 2.45) is 7.05 Å². The fraction of sp³-hybridized carbons (Fsp3) is 0.222. The maximum atomic E-state index is 13.6. The van der Waals surface area contributed by atoms with Gasteiger partial charge in [0.05, 0.1) is 16.8 Å². The van der Waals surface area contributed by atoms with Crippen molar-refractivity contribution in [1.29, 1.82) is 0 Å². The van der Waals surface area contributed by atoms with Crippen molar-refractivity contribution >= 4 is 22.9 Å². The van der Waals surface area contributed by atoms with Gasteiger partial charge in [0.1, 0.15) is 0 Å². The molecule has 4 aromatic rings. The number of alkyl halides is 3. The van der Waals surface area contributed by atoms with Crippen molar-refractivity contribution in [2.75, 3.05) is 7.05 Å². The second-order valence-electron chi connectivity index (χ2n) is 6.48. The van der Waals surface area contributed by atoms with Gasteiger partial charge in [-0.05, 0) is 17.5 Å². The SMILES string of the molecule is CN(Cc1cnn(C)c1)C(=O)c1cc2nc(-c3cccs3)cc(C(F)(F)F)n2n1. The molecule has 0 saturated carbocycles. The fourth-order valence-corrected chi connectivity index (χ4v) is 3.61. The molecule has 0 bridgehead atoms. The van der Waals surface area contributed by atoms with Gasteiger partial charge >= 0.3 is 6.18 Å². The molecule has 0 aliphatic heterocycles. The number of carbonyl (C=O) groups excluding carboxylic acids is 1. The molecule has 0 spiro atoms. The zero-order valence-corrected chi connectivity index (χ0v) is 16.2. The molecule has 1 amide bonds. The van der Waals surface area contributed by atoms with Crippen LogP contribution in [0.4, 0.5) is 13.2 Å². The van der Waals surface area contributed by atoms with Gasteiger partial charge in [-0.25, -0.2) is 9.50 Å². The van der Waals surface area contributed by atoms with Gasteiger partial charge in [-0.3, -0.25) is 9.48 Å². The minimum Gasteiger partial charge on any atom is -0.336 e. The van der Waals surface area contributed by atoms with Gasteiger partial charge < -0.3 is 4.90 Å². The fourth-order valence-electron chi connectivity index (χ4n) is 2.93. The zero-order chi connectivity index (χ0) is 20.8. The maximum Gasteiger partial charge on any atom is 0.433 e. The summed E-state index contributed by atoms with van der Waals surface area (Å²) in [5.74, 6) is -0.509. The van der Waals surface area contributed by atoms with Crippen LogP contribution in [0.2, 0.25) is 0 Å². The number of fused-ring (bicyclic) bond motifs is 1. The summed E-state index contributed by atoms with van der Waals surface area (Å²) in [6.07, 6.45) is -1.28. The van der Waals surface area contributed by atoms with E-state index in [0.717, 1.165) is 11.6 Å². The number of aromatic nitrogens is 5. The molecule has 4 rings (SSSR count). The van der Waals surface area contributed by atoms with Crippen molar-refractivity contribution in [1.82, 2.24) is 29.3 Å². The summed E-state index contributed by atoms with van der Waals surface area (Å²) in [5.41, 5.74) is -0.164. The Balaban J connectivity index is 1.73. The molecule has 4 aromatic heterocycles. The first-order valence-corrected chi connectivity index (χ1v) is 9.35. The number of carbonyl (C=O) groups is 1. The van der Waals surface area contributed by atoms with E-state index in [9.17, 15) is 18.0 Å². The Hall–Kier alpha value is -3.21. The van der Waals surface area contributed by atoms with Crippen LogP contribution in [0.1, 0.15) is 21.7 Å². The first-order valence-electron chi connectivity index (χ1n) is 8.47. The minimum atomic E-state index is -4.65. The minimum absolute atomic E-state index is 0.0404. The Bertz CT molecular complexity index is 1180. The predicted octanol–water partition coefficient (Wildman–Crippen LogP) is 3.48. The van der Waals surface area contributed by atoms with E-state index in [2.05, 4.69) is 15.2 Å². The number of halogens is 3. The van der Waals surface area contributed by atoms with Crippen LogP contribution in [-0.4, -0.2) is 42.2 Å². The van der Waals surface area contributed by atoms with Crippen molar-refractivity contribution < 1.29 is 18.0 Å². The second-order valence-corrected chi connectivity index (χ2v) is 7.43. The van der Waals surface area contributed by atoms with E-state index >= 15 is 0 Å². The molecule has 0 N–H and O–H groups in total. The van der Waals surface area contributed by atoms with E-state index in [1.807, 2.05) is 0 Å². The van der Waals surface area contributed by atoms with Crippen molar-refractivity contribution in [3.63, 3.8) is 0 Å². The normalized spacial score (nSPS) is 11.9. The molecule has 0 aliphatic carbocycles.